The zero-order valence-corrected chi connectivity index (χ0v) is 10.6. The Morgan fingerprint density at radius 3 is 2.58 bits per heavy atom. The van der Waals surface area contributed by atoms with Crippen molar-refractivity contribution in [1.29, 1.82) is 0 Å². The Hall–Kier alpha value is -1.72. The average Bonchev–Trinajstić information content (AvgIpc) is 2.26. The molecule has 0 amide bonds. The second-order valence-corrected chi connectivity index (χ2v) is 4.46. The van der Waals surface area contributed by atoms with Crippen molar-refractivity contribution in [2.75, 3.05) is 7.11 Å². The van der Waals surface area contributed by atoms with Gasteiger partial charge in [-0.3, -0.25) is 4.79 Å². The van der Waals surface area contributed by atoms with E-state index < -0.39 is 35.6 Å². The van der Waals surface area contributed by atoms with Gasteiger partial charge < -0.3 is 9.84 Å². The van der Waals surface area contributed by atoms with E-state index in [0.717, 1.165) is 12.1 Å². The largest absolute Gasteiger partial charge is 0.494 e. The zero-order chi connectivity index (χ0) is 14.6. The van der Waals surface area contributed by atoms with E-state index in [9.17, 15) is 18.0 Å². The van der Waals surface area contributed by atoms with Crippen molar-refractivity contribution in [3.05, 3.63) is 29.6 Å². The minimum atomic E-state index is -3.28. The number of hydrogen-bond acceptors (Lipinski definition) is 2. The highest BCUT2D eigenvalue weighted by atomic mass is 19.3. The monoisotopic (exact) mass is 276 g/mol. The fourth-order valence-electron chi connectivity index (χ4n) is 1.82. The molecule has 0 radical (unpaired) electrons. The lowest BCUT2D eigenvalue weighted by Crippen LogP contribution is -2.19. The Morgan fingerprint density at radius 2 is 2.11 bits per heavy atom. The predicted molar refractivity (Wildman–Crippen MR) is 62.9 cm³/mol. The van der Waals surface area contributed by atoms with Gasteiger partial charge in [-0.15, -0.1) is 0 Å². The highest BCUT2D eigenvalue weighted by molar-refractivity contribution is 5.66. The highest BCUT2D eigenvalue weighted by Crippen LogP contribution is 2.37. The SMILES string of the molecule is COc1ccc(C(F)(F)CC(C)CC(=O)O)cc1F. The van der Waals surface area contributed by atoms with Crippen LogP contribution in [0.3, 0.4) is 0 Å². The summed E-state index contributed by atoms with van der Waals surface area (Å²) in [6, 6.07) is 2.92. The van der Waals surface area contributed by atoms with Crippen molar-refractivity contribution in [3.8, 4) is 5.75 Å². The van der Waals surface area contributed by atoms with Crippen molar-refractivity contribution in [3.63, 3.8) is 0 Å². The number of carboxylic acids is 1. The van der Waals surface area contributed by atoms with Gasteiger partial charge >= 0.3 is 5.97 Å². The van der Waals surface area contributed by atoms with Crippen LogP contribution in [0, 0.1) is 11.7 Å². The molecule has 1 atom stereocenters. The van der Waals surface area contributed by atoms with Crippen molar-refractivity contribution >= 4 is 5.97 Å². The quantitative estimate of drug-likeness (QED) is 0.865. The van der Waals surface area contributed by atoms with Crippen LogP contribution in [0.5, 0.6) is 5.75 Å². The van der Waals surface area contributed by atoms with Crippen LogP contribution in [0.1, 0.15) is 25.3 Å². The van der Waals surface area contributed by atoms with Gasteiger partial charge in [0.25, 0.3) is 5.92 Å². The molecule has 19 heavy (non-hydrogen) atoms. The number of hydrogen-bond donors (Lipinski definition) is 1. The van der Waals surface area contributed by atoms with Crippen LogP contribution in [0.15, 0.2) is 18.2 Å². The molecule has 1 aromatic carbocycles. The zero-order valence-electron chi connectivity index (χ0n) is 10.6. The normalized spacial score (nSPS) is 13.1. The van der Waals surface area contributed by atoms with E-state index in [0.29, 0.717) is 6.07 Å². The molecule has 0 aliphatic carbocycles. The Kier molecular flexibility index (Phi) is 4.80. The molecular weight excluding hydrogens is 261 g/mol. The number of benzene rings is 1. The van der Waals surface area contributed by atoms with Crippen LogP contribution in [0.25, 0.3) is 0 Å². The van der Waals surface area contributed by atoms with Crippen LogP contribution >= 0.6 is 0 Å². The topological polar surface area (TPSA) is 46.5 Å². The molecule has 0 saturated carbocycles. The summed E-state index contributed by atoms with van der Waals surface area (Å²) in [5, 5.41) is 8.54. The molecule has 1 unspecified atom stereocenters. The standard InChI is InChI=1S/C13H15F3O3/c1-8(5-12(17)18)7-13(15,16)9-3-4-11(19-2)10(14)6-9/h3-4,6,8H,5,7H2,1-2H3,(H,17,18). The van der Waals surface area contributed by atoms with E-state index in [1.54, 1.807) is 0 Å². The summed E-state index contributed by atoms with van der Waals surface area (Å²) < 4.78 is 45.8. The summed E-state index contributed by atoms with van der Waals surface area (Å²) in [6.07, 6.45) is -1.00. The third-order valence-electron chi connectivity index (χ3n) is 2.70. The lowest BCUT2D eigenvalue weighted by Gasteiger charge is -2.20. The number of methoxy groups -OCH3 is 1. The van der Waals surface area contributed by atoms with E-state index in [-0.39, 0.29) is 12.2 Å². The summed E-state index contributed by atoms with van der Waals surface area (Å²) in [6.45, 7) is 1.42. The molecule has 3 nitrogen and oxygen atoms in total. The summed E-state index contributed by atoms with van der Waals surface area (Å²) in [5.74, 6) is -6.10. The molecule has 6 heteroatoms. The first-order valence-electron chi connectivity index (χ1n) is 5.70. The lowest BCUT2D eigenvalue weighted by atomic mass is 9.95. The fraction of sp³-hybridized carbons (Fsp3) is 0.462. The molecule has 0 aliphatic heterocycles. The Labute approximate surface area is 109 Å². The van der Waals surface area contributed by atoms with Crippen LogP contribution < -0.4 is 4.74 Å². The van der Waals surface area contributed by atoms with E-state index in [1.807, 2.05) is 0 Å². The Balaban J connectivity index is 2.87. The second kappa shape index (κ2) is 5.95. The van der Waals surface area contributed by atoms with E-state index in [2.05, 4.69) is 4.74 Å². The van der Waals surface area contributed by atoms with Gasteiger partial charge in [-0.25, -0.2) is 13.2 Å². The van der Waals surface area contributed by atoms with E-state index >= 15 is 0 Å². The van der Waals surface area contributed by atoms with Gasteiger partial charge in [-0.2, -0.15) is 0 Å². The minimum absolute atomic E-state index is 0.113. The van der Waals surface area contributed by atoms with Crippen LogP contribution in [0.4, 0.5) is 13.2 Å². The lowest BCUT2D eigenvalue weighted by molar-refractivity contribution is -0.138. The maximum atomic E-state index is 13.9. The maximum Gasteiger partial charge on any atom is 0.303 e. The molecule has 106 valence electrons. The molecular formula is C13H15F3O3. The molecule has 0 saturated heterocycles. The molecule has 0 bridgehead atoms. The third kappa shape index (κ3) is 4.15. The first-order valence-corrected chi connectivity index (χ1v) is 5.70. The average molecular weight is 276 g/mol. The number of aliphatic carboxylic acids is 1. The van der Waals surface area contributed by atoms with Gasteiger partial charge in [0.15, 0.2) is 11.6 Å². The van der Waals surface area contributed by atoms with Gasteiger partial charge in [0.1, 0.15) is 0 Å². The predicted octanol–water partition coefficient (Wildman–Crippen LogP) is 3.43. The minimum Gasteiger partial charge on any atom is -0.494 e. The van der Waals surface area contributed by atoms with Crippen molar-refractivity contribution in [2.24, 2.45) is 5.92 Å². The smallest absolute Gasteiger partial charge is 0.303 e. The molecule has 1 N–H and O–H groups in total. The number of carbonyl (C=O) groups is 1. The van der Waals surface area contributed by atoms with Crippen LogP contribution in [-0.4, -0.2) is 18.2 Å². The van der Waals surface area contributed by atoms with Crippen LogP contribution in [-0.2, 0) is 10.7 Å². The molecule has 1 rings (SSSR count). The summed E-state index contributed by atoms with van der Waals surface area (Å²) in [5.41, 5.74) is -0.483. The maximum absolute atomic E-state index is 13.9. The summed E-state index contributed by atoms with van der Waals surface area (Å²) >= 11 is 0. The highest BCUT2D eigenvalue weighted by Gasteiger charge is 2.34. The van der Waals surface area contributed by atoms with E-state index in [1.165, 1.54) is 14.0 Å². The van der Waals surface area contributed by atoms with Crippen LogP contribution in [0.2, 0.25) is 0 Å². The van der Waals surface area contributed by atoms with E-state index in [4.69, 9.17) is 5.11 Å². The first kappa shape index (κ1) is 15.3. The summed E-state index contributed by atoms with van der Waals surface area (Å²) in [4.78, 5) is 10.4. The van der Waals surface area contributed by atoms with Crippen molar-refractivity contribution in [1.82, 2.24) is 0 Å². The number of rotatable bonds is 6. The first-order chi connectivity index (χ1) is 8.76. The van der Waals surface area contributed by atoms with Gasteiger partial charge in [0.05, 0.1) is 7.11 Å². The van der Waals surface area contributed by atoms with Gasteiger partial charge in [-0.05, 0) is 24.1 Å². The number of ether oxygens (including phenoxy) is 1. The Morgan fingerprint density at radius 1 is 1.47 bits per heavy atom. The third-order valence-corrected chi connectivity index (χ3v) is 2.70. The summed E-state index contributed by atoms with van der Waals surface area (Å²) in [7, 11) is 1.24. The van der Waals surface area contributed by atoms with Gasteiger partial charge in [0, 0.05) is 18.4 Å². The molecule has 0 heterocycles. The van der Waals surface area contributed by atoms with Gasteiger partial charge in [-0.1, -0.05) is 6.92 Å². The molecule has 0 fully saturated rings. The number of carboxylic acid groups (broad SMARTS) is 1. The molecule has 0 spiro atoms. The Bertz CT molecular complexity index is 460. The van der Waals surface area contributed by atoms with Crippen molar-refractivity contribution in [2.45, 2.75) is 25.7 Å². The number of halogens is 3. The van der Waals surface area contributed by atoms with Crippen molar-refractivity contribution < 1.29 is 27.8 Å². The molecule has 0 aromatic heterocycles. The van der Waals surface area contributed by atoms with Gasteiger partial charge in [0.2, 0.25) is 0 Å². The number of alkyl halides is 2. The molecule has 1 aromatic rings. The molecule has 0 aliphatic rings. The fourth-order valence-corrected chi connectivity index (χ4v) is 1.82. The second-order valence-electron chi connectivity index (χ2n) is 4.46.